The number of aliphatic hydroxyl groups is 1. The van der Waals surface area contributed by atoms with Crippen LogP contribution >= 0.6 is 0 Å². The van der Waals surface area contributed by atoms with Crippen LogP contribution < -0.4 is 0 Å². The highest BCUT2D eigenvalue weighted by atomic mass is 16.6. The molecule has 1 aliphatic rings. The molecule has 0 aromatic rings. The number of carbonyl (C=O) groups is 12. The maximum Gasteiger partial charge on any atom is 0.333 e. The van der Waals surface area contributed by atoms with Gasteiger partial charge >= 0.3 is 71.6 Å². The van der Waals surface area contributed by atoms with Gasteiger partial charge in [-0.1, -0.05) is 245 Å². The minimum absolute atomic E-state index is 0. The van der Waals surface area contributed by atoms with Gasteiger partial charge in [0.25, 0.3) is 0 Å². The van der Waals surface area contributed by atoms with Crippen LogP contribution in [0, 0.1) is 43.8 Å². The van der Waals surface area contributed by atoms with Crippen LogP contribution in [-0.4, -0.2) is 253 Å². The fourth-order valence-electron chi connectivity index (χ4n) is 4.81. The van der Waals surface area contributed by atoms with E-state index in [2.05, 4.69) is 40.5 Å². The summed E-state index contributed by atoms with van der Waals surface area (Å²) in [6.07, 6.45) is 4.32. The van der Waals surface area contributed by atoms with Crippen LogP contribution in [0.5, 0.6) is 0 Å². The number of rotatable bonds is 43. The molecule has 2 unspecified atom stereocenters. The van der Waals surface area contributed by atoms with Gasteiger partial charge in [0, 0.05) is 43.6 Å². The number of carboxylic acids is 3. The minimum Gasteiger partial charge on any atom is -0.481 e. The van der Waals surface area contributed by atoms with E-state index in [4.69, 9.17) is 76.9 Å². The summed E-state index contributed by atoms with van der Waals surface area (Å²) < 4.78 is 77.5. The van der Waals surface area contributed by atoms with Crippen molar-refractivity contribution in [1.82, 2.24) is 0 Å². The van der Waals surface area contributed by atoms with Crippen molar-refractivity contribution in [2.75, 3.05) is 148 Å². The maximum absolute atomic E-state index is 11.6. The van der Waals surface area contributed by atoms with Gasteiger partial charge in [-0.2, -0.15) is 0 Å². The Balaban J connectivity index is -0.0000000317. The van der Waals surface area contributed by atoms with Crippen LogP contribution in [-0.2, 0) is 133 Å². The Morgan fingerprint density at radius 2 is 0.504 bits per heavy atom. The van der Waals surface area contributed by atoms with Crippen LogP contribution in [0.15, 0.2) is 48.6 Å². The molecule has 4 N–H and O–H groups in total. The first-order valence-corrected chi connectivity index (χ1v) is 39.2. The second-order valence-corrected chi connectivity index (χ2v) is 31.0. The summed E-state index contributed by atoms with van der Waals surface area (Å²) in [7, 11) is 9.06. The fourth-order valence-corrected chi connectivity index (χ4v) is 4.81. The molecule has 1 saturated heterocycles. The van der Waals surface area contributed by atoms with Gasteiger partial charge in [0.1, 0.15) is 51.8 Å². The predicted octanol–water partition coefficient (Wildman–Crippen LogP) is 27.0. The van der Waals surface area contributed by atoms with Crippen molar-refractivity contribution in [3.63, 3.8) is 0 Å². The summed E-state index contributed by atoms with van der Waals surface area (Å²) in [4.78, 5) is 129. The van der Waals surface area contributed by atoms with Gasteiger partial charge in [-0.25, -0.2) is 19.2 Å². The topological polar surface area (TPSA) is 437 Å². The van der Waals surface area contributed by atoms with Crippen LogP contribution in [0.4, 0.5) is 0 Å². The quantitative estimate of drug-likeness (QED) is 0.0145. The first kappa shape index (κ1) is 222. The number of epoxide rings is 1. The molecule has 1 fully saturated rings. The molecule has 0 aliphatic carbocycles. The van der Waals surface area contributed by atoms with Gasteiger partial charge in [0.05, 0.1) is 131 Å². The average Bonchev–Trinajstić information content (AvgIpc) is 1.84. The zero-order valence-electron chi connectivity index (χ0n) is 78.5. The van der Waals surface area contributed by atoms with E-state index >= 15 is 0 Å². The van der Waals surface area contributed by atoms with Crippen LogP contribution in [0.2, 0.25) is 0 Å². The highest BCUT2D eigenvalue weighted by molar-refractivity contribution is 5.88. The normalized spacial score (nSPS) is 10.1. The van der Waals surface area contributed by atoms with Gasteiger partial charge in [-0.15, -0.1) is 0 Å². The van der Waals surface area contributed by atoms with Crippen molar-refractivity contribution in [3.8, 4) is 0 Å². The minimum atomic E-state index is -1.02. The number of hydrogen-bond acceptors (Lipinski definition) is 29. The monoisotopic (exact) mass is 2040 g/mol. The predicted molar refractivity (Wildman–Crippen MR) is 592 cm³/mol. The van der Waals surface area contributed by atoms with Gasteiger partial charge in [0.2, 0.25) is 0 Å². The molecular weight excluding hydrogens is 1800 g/mol. The molecule has 864 valence electrons. The van der Waals surface area contributed by atoms with Crippen LogP contribution in [0.3, 0.4) is 0 Å². The highest BCUT2D eigenvalue weighted by Gasteiger charge is 2.31. The molecule has 0 aromatic heterocycles. The fraction of sp³-hybridized carbons (Fsp3) is 0.813. The molecule has 32 heteroatoms. The zero-order valence-corrected chi connectivity index (χ0v) is 78.5. The Kier molecular flexibility index (Phi) is 205. The van der Waals surface area contributed by atoms with Gasteiger partial charge in [-0.05, 0) is 170 Å². The SMILES string of the molecule is C.C.C.C.C.C.C.C.C.C.C.C.C.C.C.C.C.C.C.C.C.C=C(C)C(=O)O.C=C(C)C(=O)OCC(O)COC(=O)C(C)(C)CC.C=C(C)C(=O)OCC1CO1.C=C(C)C(=O)OCCOCCOC.CCC(C)(C)C(=O)O.CCC(C)(C)C(=O)O.CCC(C)(C)C(=O)OC.CCC(C)(C)C(=O)OC.CCC(C)(C)C(=O)OCCOCCOC.CCC(C)(C)C(=O)OCCOCCOC.COC(=O)C(C)C. The summed E-state index contributed by atoms with van der Waals surface area (Å²) in [5.74, 6) is -4.80. The van der Waals surface area contributed by atoms with E-state index in [0.29, 0.717) is 116 Å². The van der Waals surface area contributed by atoms with Gasteiger partial charge in [-0.3, -0.25) is 38.4 Å². The lowest BCUT2D eigenvalue weighted by molar-refractivity contribution is -0.159. The second-order valence-electron chi connectivity index (χ2n) is 31.0. The lowest BCUT2D eigenvalue weighted by Gasteiger charge is -2.21. The molecule has 0 bridgehead atoms. The first-order valence-electron chi connectivity index (χ1n) is 39.2. The van der Waals surface area contributed by atoms with Crippen molar-refractivity contribution >= 4 is 71.6 Å². The Hall–Kier alpha value is -7.72. The first-order chi connectivity index (χ1) is 54.1. The van der Waals surface area contributed by atoms with Crippen LogP contribution in [0.1, 0.15) is 388 Å². The number of carboxylic acid groups (broad SMARTS) is 3. The number of aliphatic hydroxyl groups excluding tert-OH is 1. The van der Waals surface area contributed by atoms with E-state index in [-0.39, 0.29) is 258 Å². The molecule has 2 atom stereocenters. The van der Waals surface area contributed by atoms with E-state index in [1.165, 1.54) is 35.2 Å². The number of ether oxygens (including phenoxy) is 16. The van der Waals surface area contributed by atoms with E-state index < -0.39 is 57.1 Å². The molecule has 0 saturated carbocycles. The molecule has 1 rings (SSSR count). The van der Waals surface area contributed by atoms with Gasteiger partial charge < -0.3 is 96.2 Å². The molecular formula is C107H244O32. The molecule has 32 nitrogen and oxygen atoms in total. The third-order valence-electron chi connectivity index (χ3n) is 16.9. The lowest BCUT2D eigenvalue weighted by Crippen LogP contribution is -2.31. The van der Waals surface area contributed by atoms with Crippen molar-refractivity contribution in [3.05, 3.63) is 48.6 Å². The third-order valence-corrected chi connectivity index (χ3v) is 16.9. The number of hydrogen-bond donors (Lipinski definition) is 4. The van der Waals surface area contributed by atoms with Crippen LogP contribution in [0.25, 0.3) is 0 Å². The molecule has 1 heterocycles. The molecule has 1 aliphatic heterocycles. The molecule has 0 radical (unpaired) electrons. The van der Waals surface area contributed by atoms with E-state index in [1.54, 1.807) is 90.6 Å². The molecule has 0 amide bonds. The molecule has 0 aromatic carbocycles. The number of carbonyl (C=O) groups excluding carboxylic acids is 9. The van der Waals surface area contributed by atoms with Crippen molar-refractivity contribution < 1.29 is 154 Å². The Morgan fingerprint density at radius 3 is 0.669 bits per heavy atom. The number of aliphatic carboxylic acids is 3. The third kappa shape index (κ3) is 141. The molecule has 0 spiro atoms. The van der Waals surface area contributed by atoms with Crippen molar-refractivity contribution in [2.24, 2.45) is 43.8 Å². The largest absolute Gasteiger partial charge is 0.481 e. The van der Waals surface area contributed by atoms with E-state index in [9.17, 15) is 62.6 Å². The van der Waals surface area contributed by atoms with E-state index in [1.807, 2.05) is 104 Å². The average molecular weight is 2040 g/mol. The zero-order chi connectivity index (χ0) is 95.0. The highest BCUT2D eigenvalue weighted by Crippen LogP contribution is 2.25. The summed E-state index contributed by atoms with van der Waals surface area (Å²) in [5.41, 5.74) is -1.81. The van der Waals surface area contributed by atoms with Crippen molar-refractivity contribution in [1.29, 1.82) is 0 Å². The summed E-state index contributed by atoms with van der Waals surface area (Å²) >= 11 is 0. The summed E-state index contributed by atoms with van der Waals surface area (Å²) in [5, 5.41) is 34.3. The molecule has 139 heavy (non-hydrogen) atoms. The Bertz CT molecular complexity index is 2710. The lowest BCUT2D eigenvalue weighted by atomic mass is 9.91. The Morgan fingerprint density at radius 1 is 0.302 bits per heavy atom. The number of methoxy groups -OCH3 is 6. The number of esters is 9. The van der Waals surface area contributed by atoms with Gasteiger partial charge in [0.15, 0.2) is 0 Å². The smallest absolute Gasteiger partial charge is 0.333 e. The second kappa shape index (κ2) is 128. The Labute approximate surface area is 862 Å². The van der Waals surface area contributed by atoms with E-state index in [0.717, 1.165) is 25.7 Å². The maximum atomic E-state index is 11.6. The summed E-state index contributed by atoms with van der Waals surface area (Å²) in [6.45, 7) is 68.2. The standard InChI is InChI=1S/C13H22O5.2C11H22O4.C9H16O4.C7H10O3.2C7H14O2.2C6H12O2.C5H10O2.C4H6O2.21CH4/c1-6-13(4,5)12(16)18-8-10(14)7-17-11(15)9(2)3;2*1-5-11(2,3)10(12)15-9-8-14-7-6-13-4;1-8(2)9(10)13-7-6-12-5-4-11-3;1-5(2)7(8)10-4-6-3-9-6;2*1-5-7(2,3)6(8)9-4;2*1-4-6(2,3)5(7)8;1-4(2)5(6)7-3;1-3(2)4(5)6;;;;;;;;;;;;;;;;;;;;;/h10,14H,2,6-8H2,1,3-5H3;2*5-9H2,1-4H3;1,4-7H2,2-3H3;6H,1,3-4H2,2H3;2*5H2,1-4H3;2*4H2,1-3H3,(H,7,8);4H,1-3H3;1H2,2H3,(H,5,6);21*1H4. The summed E-state index contributed by atoms with van der Waals surface area (Å²) in [6, 6.07) is 0. The van der Waals surface area contributed by atoms with Crippen molar-refractivity contribution in [2.45, 2.75) is 400 Å².